The topological polar surface area (TPSA) is 160 Å². The van der Waals surface area contributed by atoms with E-state index in [9.17, 15) is 24.5 Å². The van der Waals surface area contributed by atoms with Crippen molar-refractivity contribution in [1.82, 2.24) is 4.90 Å². The fraction of sp³-hybridized carbons (Fsp3) is 0.276. The van der Waals surface area contributed by atoms with Crippen LogP contribution in [0.3, 0.4) is 0 Å². The molecule has 0 radical (unpaired) electrons. The van der Waals surface area contributed by atoms with E-state index in [2.05, 4.69) is 10.6 Å². The predicted molar refractivity (Wildman–Crippen MR) is 151 cm³/mol. The van der Waals surface area contributed by atoms with Crippen molar-refractivity contribution in [2.75, 3.05) is 30.9 Å². The van der Waals surface area contributed by atoms with Crippen molar-refractivity contribution in [3.05, 3.63) is 87.5 Å². The van der Waals surface area contributed by atoms with Crippen LogP contribution in [0.1, 0.15) is 34.3 Å². The summed E-state index contributed by atoms with van der Waals surface area (Å²) < 4.78 is 11.1. The SMILES string of the molecule is COc1cc(CC(=O)N2CCC[C@H]2COc2ccc(C(=O)O)cc2[N+](=O)[O-])ccc1NC(=O)Nc1ccccc1C. The van der Waals surface area contributed by atoms with Gasteiger partial charge < -0.3 is 30.1 Å². The highest BCUT2D eigenvalue weighted by Gasteiger charge is 2.30. The number of carbonyl (C=O) groups excluding carboxylic acids is 2. The number of carboxylic acid groups (broad SMARTS) is 1. The third-order valence-electron chi connectivity index (χ3n) is 6.79. The van der Waals surface area contributed by atoms with E-state index in [4.69, 9.17) is 14.6 Å². The molecular formula is C29H30N4O8. The molecule has 1 atom stereocenters. The Bertz CT molecular complexity index is 1470. The highest BCUT2D eigenvalue weighted by molar-refractivity contribution is 6.01. The number of nitrogens with one attached hydrogen (secondary N) is 2. The first-order chi connectivity index (χ1) is 19.7. The summed E-state index contributed by atoms with van der Waals surface area (Å²) in [6.07, 6.45) is 1.49. The standard InChI is InChI=1S/C29H30N4O8/c1-18-6-3-4-8-22(18)30-29(37)31-23-11-9-19(14-26(23)40-2)15-27(34)32-13-5-7-21(32)17-41-25-12-10-20(28(35)36)16-24(25)33(38)39/h3-4,6,8-12,14,16,21H,5,7,13,15,17H2,1-2H3,(H,35,36)(H2,30,31,37)/t21-/m0/s1. The third-order valence-corrected chi connectivity index (χ3v) is 6.79. The van der Waals surface area contributed by atoms with E-state index >= 15 is 0 Å². The minimum Gasteiger partial charge on any atom is -0.495 e. The van der Waals surface area contributed by atoms with E-state index in [1.54, 1.807) is 29.2 Å². The van der Waals surface area contributed by atoms with Gasteiger partial charge in [-0.25, -0.2) is 9.59 Å². The molecule has 0 spiro atoms. The number of carboxylic acids is 1. The molecule has 41 heavy (non-hydrogen) atoms. The van der Waals surface area contributed by atoms with Gasteiger partial charge in [0.05, 0.1) is 35.7 Å². The number of urea groups is 1. The van der Waals surface area contributed by atoms with E-state index in [1.807, 2.05) is 25.1 Å². The molecule has 1 fully saturated rings. The van der Waals surface area contributed by atoms with Crippen LogP contribution in [0.25, 0.3) is 0 Å². The summed E-state index contributed by atoms with van der Waals surface area (Å²) in [5.41, 5.74) is 2.06. The average molecular weight is 563 g/mol. The summed E-state index contributed by atoms with van der Waals surface area (Å²) in [6.45, 7) is 2.44. The molecule has 0 bridgehead atoms. The van der Waals surface area contributed by atoms with E-state index in [-0.39, 0.29) is 36.3 Å². The van der Waals surface area contributed by atoms with Crippen LogP contribution < -0.4 is 20.1 Å². The first-order valence-electron chi connectivity index (χ1n) is 12.9. The van der Waals surface area contributed by atoms with Gasteiger partial charge in [-0.15, -0.1) is 0 Å². The van der Waals surface area contributed by atoms with Crippen LogP contribution in [-0.2, 0) is 11.2 Å². The second-order valence-corrected chi connectivity index (χ2v) is 9.54. The summed E-state index contributed by atoms with van der Waals surface area (Å²) in [6, 6.07) is 15.2. The Hall–Kier alpha value is -5.13. The lowest BCUT2D eigenvalue weighted by atomic mass is 10.1. The van der Waals surface area contributed by atoms with Crippen molar-refractivity contribution < 1.29 is 33.9 Å². The van der Waals surface area contributed by atoms with Crippen molar-refractivity contribution >= 4 is 35.0 Å². The molecule has 3 N–H and O–H groups in total. The number of likely N-dealkylation sites (tertiary alicyclic amines) is 1. The fourth-order valence-electron chi connectivity index (χ4n) is 4.65. The van der Waals surface area contributed by atoms with Gasteiger partial charge in [-0.05, 0) is 61.2 Å². The monoisotopic (exact) mass is 562 g/mol. The maximum Gasteiger partial charge on any atom is 0.335 e. The normalized spacial score (nSPS) is 14.3. The number of methoxy groups -OCH3 is 1. The summed E-state index contributed by atoms with van der Waals surface area (Å²) in [4.78, 5) is 49.3. The largest absolute Gasteiger partial charge is 0.495 e. The lowest BCUT2D eigenvalue weighted by molar-refractivity contribution is -0.385. The number of hydrogen-bond donors (Lipinski definition) is 3. The molecule has 214 valence electrons. The van der Waals surface area contributed by atoms with Gasteiger partial charge in [0, 0.05) is 18.3 Å². The van der Waals surface area contributed by atoms with Crippen LogP contribution in [-0.4, -0.2) is 59.1 Å². The van der Waals surface area contributed by atoms with Gasteiger partial charge in [-0.3, -0.25) is 14.9 Å². The maximum atomic E-state index is 13.2. The third kappa shape index (κ3) is 7.10. The fourth-order valence-corrected chi connectivity index (χ4v) is 4.65. The number of para-hydroxylation sites is 1. The molecule has 3 amide bonds. The van der Waals surface area contributed by atoms with E-state index in [1.165, 1.54) is 19.2 Å². The van der Waals surface area contributed by atoms with Gasteiger partial charge >= 0.3 is 17.7 Å². The zero-order valence-corrected chi connectivity index (χ0v) is 22.6. The van der Waals surface area contributed by atoms with Crippen molar-refractivity contribution in [2.24, 2.45) is 0 Å². The van der Waals surface area contributed by atoms with Crippen molar-refractivity contribution in [2.45, 2.75) is 32.2 Å². The van der Waals surface area contributed by atoms with E-state index < -0.39 is 22.6 Å². The molecule has 1 heterocycles. The van der Waals surface area contributed by atoms with Gasteiger partial charge in [0.15, 0.2) is 5.75 Å². The number of nitro benzene ring substituents is 1. The highest BCUT2D eigenvalue weighted by atomic mass is 16.6. The van der Waals surface area contributed by atoms with Gasteiger partial charge in [0.25, 0.3) is 0 Å². The van der Waals surface area contributed by atoms with Gasteiger partial charge in [-0.2, -0.15) is 0 Å². The molecule has 3 aromatic carbocycles. The van der Waals surface area contributed by atoms with Gasteiger partial charge in [-0.1, -0.05) is 24.3 Å². The first kappa shape index (κ1) is 28.9. The van der Waals surface area contributed by atoms with Crippen molar-refractivity contribution in [1.29, 1.82) is 0 Å². The Morgan fingerprint density at radius 2 is 1.80 bits per heavy atom. The van der Waals surface area contributed by atoms with Crippen LogP contribution in [0.2, 0.25) is 0 Å². The second kappa shape index (κ2) is 12.8. The molecule has 0 aliphatic carbocycles. The average Bonchev–Trinajstić information content (AvgIpc) is 3.42. The van der Waals surface area contributed by atoms with Crippen LogP contribution in [0.5, 0.6) is 11.5 Å². The molecular weight excluding hydrogens is 532 g/mol. The Kier molecular flexibility index (Phi) is 9.02. The number of amides is 3. The lowest BCUT2D eigenvalue weighted by Crippen LogP contribution is -2.40. The number of aryl methyl sites for hydroxylation is 1. The summed E-state index contributed by atoms with van der Waals surface area (Å²) in [5, 5.41) is 26.1. The Labute approximate surface area is 236 Å². The van der Waals surface area contributed by atoms with Gasteiger partial charge in [0.2, 0.25) is 5.91 Å². The van der Waals surface area contributed by atoms with Gasteiger partial charge in [0.1, 0.15) is 12.4 Å². The van der Waals surface area contributed by atoms with Crippen LogP contribution in [0.15, 0.2) is 60.7 Å². The zero-order chi connectivity index (χ0) is 29.5. The second-order valence-electron chi connectivity index (χ2n) is 9.54. The minimum absolute atomic E-state index is 0.0289. The number of nitrogens with zero attached hydrogens (tertiary/aromatic N) is 2. The summed E-state index contributed by atoms with van der Waals surface area (Å²) >= 11 is 0. The summed E-state index contributed by atoms with van der Waals surface area (Å²) in [7, 11) is 1.47. The van der Waals surface area contributed by atoms with E-state index in [0.29, 0.717) is 35.7 Å². The highest BCUT2D eigenvalue weighted by Crippen LogP contribution is 2.30. The molecule has 0 unspecified atom stereocenters. The first-order valence-corrected chi connectivity index (χ1v) is 12.9. The minimum atomic E-state index is -1.28. The number of anilines is 2. The number of aromatic carboxylic acids is 1. The molecule has 3 aromatic rings. The molecule has 1 saturated heterocycles. The Balaban J connectivity index is 1.38. The number of hydrogen-bond acceptors (Lipinski definition) is 7. The van der Waals surface area contributed by atoms with Crippen LogP contribution >= 0.6 is 0 Å². The molecule has 12 heteroatoms. The van der Waals surface area contributed by atoms with Crippen LogP contribution in [0, 0.1) is 17.0 Å². The predicted octanol–water partition coefficient (Wildman–Crippen LogP) is 4.87. The Morgan fingerprint density at radius 3 is 2.51 bits per heavy atom. The number of nitro groups is 1. The molecule has 1 aliphatic rings. The number of carbonyl (C=O) groups is 3. The Morgan fingerprint density at radius 1 is 1.05 bits per heavy atom. The van der Waals surface area contributed by atoms with Crippen molar-refractivity contribution in [3.8, 4) is 11.5 Å². The molecule has 12 nitrogen and oxygen atoms in total. The summed E-state index contributed by atoms with van der Waals surface area (Å²) in [5.74, 6) is -1.09. The van der Waals surface area contributed by atoms with Crippen LogP contribution in [0.4, 0.5) is 21.9 Å². The molecule has 4 rings (SSSR count). The quantitative estimate of drug-likeness (QED) is 0.233. The molecule has 0 saturated carbocycles. The number of ether oxygens (including phenoxy) is 2. The zero-order valence-electron chi connectivity index (χ0n) is 22.6. The molecule has 0 aromatic heterocycles. The lowest BCUT2D eigenvalue weighted by Gasteiger charge is -2.25. The van der Waals surface area contributed by atoms with E-state index in [0.717, 1.165) is 18.1 Å². The van der Waals surface area contributed by atoms with Crippen molar-refractivity contribution in [3.63, 3.8) is 0 Å². The number of rotatable bonds is 10. The maximum absolute atomic E-state index is 13.2. The number of benzene rings is 3. The smallest absolute Gasteiger partial charge is 0.335 e. The molecule has 1 aliphatic heterocycles.